The van der Waals surface area contributed by atoms with Crippen LogP contribution in [-0.4, -0.2) is 78.5 Å². The highest BCUT2D eigenvalue weighted by atomic mass is 16.6. The topological polar surface area (TPSA) is 158 Å². The number of hydrogen-bond donors (Lipinski definition) is 0. The first kappa shape index (κ1) is 23.7. The van der Waals surface area contributed by atoms with E-state index in [1.54, 1.807) is 0 Å². The van der Waals surface area contributed by atoms with Gasteiger partial charge in [0.25, 0.3) is 0 Å². The standard InChI is InChI=1S/C22H24O12/c1-29-12(23)10-11(13(24)30-2)21(17(27)33-5)9-7-19(10,15(25)31-3)14-20(8-9,16(26)32-4)22(14,21)18(28)34-6/h9,14H,7-8H2,1-6H3. The van der Waals surface area contributed by atoms with Crippen molar-refractivity contribution in [2.75, 3.05) is 42.7 Å². The molecule has 0 spiro atoms. The molecular formula is C22H24O12. The first-order valence-electron chi connectivity index (χ1n) is 10.3. The molecule has 184 valence electrons. The van der Waals surface area contributed by atoms with Crippen molar-refractivity contribution >= 4 is 35.8 Å². The maximum absolute atomic E-state index is 13.6. The summed E-state index contributed by atoms with van der Waals surface area (Å²) in [6, 6.07) is 0. The minimum atomic E-state index is -2.17. The van der Waals surface area contributed by atoms with E-state index in [1.807, 2.05) is 0 Å². The van der Waals surface area contributed by atoms with Gasteiger partial charge in [0.15, 0.2) is 0 Å². The largest absolute Gasteiger partial charge is 0.469 e. The molecule has 6 atom stereocenters. The molecule has 0 N–H and O–H groups in total. The summed E-state index contributed by atoms with van der Waals surface area (Å²) < 4.78 is 30.1. The molecule has 0 aromatic rings. The summed E-state index contributed by atoms with van der Waals surface area (Å²) in [5.41, 5.74) is -9.06. The SMILES string of the molecule is COC(=O)C1=C(C(=O)OC)C2(C(=O)OC)C3CC1(C(=O)OC)C1C(C(=O)OC)(C3)C12C(=O)OC. The van der Waals surface area contributed by atoms with E-state index in [9.17, 15) is 28.8 Å². The molecule has 6 aliphatic rings. The van der Waals surface area contributed by atoms with E-state index in [4.69, 9.17) is 28.4 Å². The third-order valence-corrected chi connectivity index (χ3v) is 8.39. The second-order valence-corrected chi connectivity index (χ2v) is 8.80. The predicted molar refractivity (Wildman–Crippen MR) is 105 cm³/mol. The first-order valence-corrected chi connectivity index (χ1v) is 10.3. The number of esters is 6. The van der Waals surface area contributed by atoms with E-state index in [0.717, 1.165) is 42.7 Å². The van der Waals surface area contributed by atoms with Crippen LogP contribution in [0, 0.1) is 33.5 Å². The fraction of sp³-hybridized carbons (Fsp3) is 0.636. The van der Waals surface area contributed by atoms with Gasteiger partial charge >= 0.3 is 35.8 Å². The van der Waals surface area contributed by atoms with Gasteiger partial charge in [0.2, 0.25) is 0 Å². The number of carbonyl (C=O) groups excluding carboxylic acids is 6. The summed E-state index contributed by atoms with van der Waals surface area (Å²) >= 11 is 0. The molecule has 0 radical (unpaired) electrons. The summed E-state index contributed by atoms with van der Waals surface area (Å²) in [6.07, 6.45) is -0.274. The zero-order valence-electron chi connectivity index (χ0n) is 19.5. The van der Waals surface area contributed by atoms with Crippen molar-refractivity contribution in [1.29, 1.82) is 0 Å². The molecule has 34 heavy (non-hydrogen) atoms. The lowest BCUT2D eigenvalue weighted by Crippen LogP contribution is -2.65. The Morgan fingerprint density at radius 2 is 1.12 bits per heavy atom. The Labute approximate surface area is 193 Å². The van der Waals surface area contributed by atoms with Crippen molar-refractivity contribution in [1.82, 2.24) is 0 Å². The molecule has 0 aliphatic heterocycles. The van der Waals surface area contributed by atoms with Crippen LogP contribution in [0.25, 0.3) is 0 Å². The van der Waals surface area contributed by atoms with Gasteiger partial charge in [-0.05, 0) is 18.8 Å². The molecule has 6 bridgehead atoms. The maximum Gasteiger partial charge on any atom is 0.335 e. The Hall–Kier alpha value is -3.44. The summed E-state index contributed by atoms with van der Waals surface area (Å²) in [5.74, 6) is -8.45. The van der Waals surface area contributed by atoms with Crippen LogP contribution >= 0.6 is 0 Å². The summed E-state index contributed by atoms with van der Waals surface area (Å²) in [7, 11) is 6.30. The van der Waals surface area contributed by atoms with Crippen molar-refractivity contribution in [2.24, 2.45) is 33.5 Å². The van der Waals surface area contributed by atoms with E-state index in [2.05, 4.69) is 0 Å². The van der Waals surface area contributed by atoms with E-state index in [-0.39, 0.29) is 12.8 Å². The fourth-order valence-electron chi connectivity index (χ4n) is 7.84. The van der Waals surface area contributed by atoms with Crippen LogP contribution < -0.4 is 0 Å². The molecular weight excluding hydrogens is 456 g/mol. The highest BCUT2D eigenvalue weighted by Gasteiger charge is 3.07. The van der Waals surface area contributed by atoms with Crippen molar-refractivity contribution in [3.63, 3.8) is 0 Å². The van der Waals surface area contributed by atoms with Gasteiger partial charge in [-0.1, -0.05) is 0 Å². The van der Waals surface area contributed by atoms with Gasteiger partial charge in [0, 0.05) is 5.92 Å². The quantitative estimate of drug-likeness (QED) is 0.349. The van der Waals surface area contributed by atoms with Crippen molar-refractivity contribution < 1.29 is 57.2 Å². The lowest BCUT2D eigenvalue weighted by atomic mass is 9.42. The van der Waals surface area contributed by atoms with Gasteiger partial charge in [-0.25, -0.2) is 9.59 Å². The Balaban J connectivity index is 2.28. The van der Waals surface area contributed by atoms with E-state index >= 15 is 0 Å². The van der Waals surface area contributed by atoms with Crippen molar-refractivity contribution in [2.45, 2.75) is 12.8 Å². The van der Waals surface area contributed by atoms with Crippen LogP contribution in [0.15, 0.2) is 11.1 Å². The highest BCUT2D eigenvalue weighted by Crippen LogP contribution is 2.98. The fourth-order valence-corrected chi connectivity index (χ4v) is 7.84. The zero-order chi connectivity index (χ0) is 25.4. The second-order valence-electron chi connectivity index (χ2n) is 8.80. The molecule has 4 saturated carbocycles. The van der Waals surface area contributed by atoms with Gasteiger partial charge in [-0.2, -0.15) is 0 Å². The minimum absolute atomic E-state index is 0.0950. The maximum atomic E-state index is 13.6. The summed E-state index contributed by atoms with van der Waals surface area (Å²) in [5, 5.41) is 0. The number of hydrogen-bond acceptors (Lipinski definition) is 12. The normalized spacial score (nSPS) is 37.9. The lowest BCUT2D eigenvalue weighted by Gasteiger charge is -2.56. The van der Waals surface area contributed by atoms with Gasteiger partial charge in [-0.15, -0.1) is 0 Å². The number of carbonyl (C=O) groups is 6. The molecule has 6 aliphatic carbocycles. The van der Waals surface area contributed by atoms with Gasteiger partial charge < -0.3 is 28.4 Å². The molecule has 0 aromatic heterocycles. The van der Waals surface area contributed by atoms with Crippen LogP contribution in [0.3, 0.4) is 0 Å². The molecule has 0 aromatic carbocycles. The zero-order valence-corrected chi connectivity index (χ0v) is 19.5. The third-order valence-electron chi connectivity index (χ3n) is 8.39. The Bertz CT molecular complexity index is 1090. The van der Waals surface area contributed by atoms with E-state index in [1.165, 1.54) is 0 Å². The molecule has 6 unspecified atom stereocenters. The minimum Gasteiger partial charge on any atom is -0.469 e. The molecule has 12 nitrogen and oxygen atoms in total. The second kappa shape index (κ2) is 7.03. The van der Waals surface area contributed by atoms with Crippen molar-refractivity contribution in [3.8, 4) is 0 Å². The van der Waals surface area contributed by atoms with Crippen LogP contribution in [0.5, 0.6) is 0 Å². The predicted octanol–water partition coefficient (Wildman–Crippen LogP) is -0.666. The van der Waals surface area contributed by atoms with Gasteiger partial charge in [0.1, 0.15) is 16.2 Å². The van der Waals surface area contributed by atoms with Gasteiger partial charge in [0.05, 0.1) is 59.2 Å². The number of methoxy groups -OCH3 is 6. The van der Waals surface area contributed by atoms with E-state index < -0.39 is 80.5 Å². The van der Waals surface area contributed by atoms with Crippen LogP contribution in [0.2, 0.25) is 0 Å². The molecule has 0 saturated heterocycles. The van der Waals surface area contributed by atoms with Crippen molar-refractivity contribution in [3.05, 3.63) is 11.1 Å². The first-order chi connectivity index (χ1) is 16.1. The molecule has 12 heteroatoms. The molecule has 6 rings (SSSR count). The number of ether oxygens (including phenoxy) is 6. The van der Waals surface area contributed by atoms with Crippen LogP contribution in [-0.2, 0) is 57.2 Å². The average molecular weight is 480 g/mol. The molecule has 0 heterocycles. The summed E-state index contributed by atoms with van der Waals surface area (Å²) in [6.45, 7) is 0. The smallest absolute Gasteiger partial charge is 0.335 e. The van der Waals surface area contributed by atoms with Crippen LogP contribution in [0.1, 0.15) is 12.8 Å². The monoisotopic (exact) mass is 480 g/mol. The lowest BCUT2D eigenvalue weighted by molar-refractivity contribution is -0.188. The highest BCUT2D eigenvalue weighted by molar-refractivity contribution is 6.18. The van der Waals surface area contributed by atoms with Crippen LogP contribution in [0.4, 0.5) is 0 Å². The third kappa shape index (κ3) is 1.91. The Morgan fingerprint density at radius 3 is 1.59 bits per heavy atom. The Kier molecular flexibility index (Phi) is 4.90. The number of rotatable bonds is 6. The Morgan fingerprint density at radius 1 is 0.618 bits per heavy atom. The summed E-state index contributed by atoms with van der Waals surface area (Å²) in [4.78, 5) is 80.4. The van der Waals surface area contributed by atoms with Gasteiger partial charge in [-0.3, -0.25) is 19.2 Å². The molecule has 4 fully saturated rings. The average Bonchev–Trinajstić information content (AvgIpc) is 3.45. The van der Waals surface area contributed by atoms with E-state index in [0.29, 0.717) is 0 Å². The molecule has 0 amide bonds.